The molecule has 2 aromatic rings. The summed E-state index contributed by atoms with van der Waals surface area (Å²) < 4.78 is 0. The van der Waals surface area contributed by atoms with E-state index in [0.29, 0.717) is 6.54 Å². The Labute approximate surface area is 126 Å². The molecule has 0 unspecified atom stereocenters. The lowest BCUT2D eigenvalue weighted by Gasteiger charge is -2.15. The van der Waals surface area contributed by atoms with Gasteiger partial charge < -0.3 is 10.6 Å². The topological polar surface area (TPSA) is 49.8 Å². The fourth-order valence-electron chi connectivity index (χ4n) is 2.23. The van der Waals surface area contributed by atoms with Gasteiger partial charge in [-0.1, -0.05) is 38.1 Å². The van der Waals surface area contributed by atoms with Crippen LogP contribution in [0.25, 0.3) is 0 Å². The number of hydrogen-bond acceptors (Lipinski definition) is 4. The molecule has 0 bridgehead atoms. The monoisotopic (exact) mass is 282 g/mol. The smallest absolute Gasteiger partial charge is 0.135 e. The Morgan fingerprint density at radius 3 is 2.38 bits per heavy atom. The number of nitrogens with one attached hydrogen (secondary N) is 2. The van der Waals surface area contributed by atoms with E-state index in [1.54, 1.807) is 12.4 Å². The second-order valence-electron chi connectivity index (χ2n) is 4.74. The number of hydrogen-bond donors (Lipinski definition) is 2. The van der Waals surface area contributed by atoms with Crippen LogP contribution >= 0.6 is 0 Å². The van der Waals surface area contributed by atoms with E-state index >= 15 is 0 Å². The zero-order valence-corrected chi connectivity index (χ0v) is 12.7. The molecule has 0 aliphatic rings. The summed E-state index contributed by atoms with van der Waals surface area (Å²) in [6.07, 6.45) is 5.34. The van der Waals surface area contributed by atoms with Crippen molar-refractivity contribution in [3.8, 4) is 0 Å². The number of nitrogens with zero attached hydrogens (tertiary/aromatic N) is 2. The Balaban J connectivity index is 2.27. The second kappa shape index (κ2) is 7.43. The van der Waals surface area contributed by atoms with Gasteiger partial charge in [-0.05, 0) is 24.0 Å². The molecule has 0 aliphatic carbocycles. The molecule has 110 valence electrons. The predicted octanol–water partition coefficient (Wildman–Crippen LogP) is 3.94. The van der Waals surface area contributed by atoms with E-state index in [2.05, 4.69) is 59.2 Å². The second-order valence-corrected chi connectivity index (χ2v) is 4.74. The normalized spacial score (nSPS) is 10.2. The number of rotatable bonds is 7. The Morgan fingerprint density at radius 2 is 1.76 bits per heavy atom. The molecule has 4 nitrogen and oxygen atoms in total. The molecular formula is C17H22N4. The highest BCUT2D eigenvalue weighted by atomic mass is 15.1. The predicted molar refractivity (Wildman–Crippen MR) is 89.2 cm³/mol. The Morgan fingerprint density at radius 1 is 1.10 bits per heavy atom. The van der Waals surface area contributed by atoms with Crippen molar-refractivity contribution in [2.75, 3.05) is 17.2 Å². The van der Waals surface area contributed by atoms with E-state index < -0.39 is 0 Å². The summed E-state index contributed by atoms with van der Waals surface area (Å²) in [5.74, 6) is 1.59. The maximum Gasteiger partial charge on any atom is 0.135 e. The molecule has 1 aromatic heterocycles. The van der Waals surface area contributed by atoms with Crippen molar-refractivity contribution in [3.63, 3.8) is 0 Å². The van der Waals surface area contributed by atoms with E-state index in [1.165, 1.54) is 11.1 Å². The molecule has 0 spiro atoms. The van der Waals surface area contributed by atoms with E-state index in [9.17, 15) is 0 Å². The summed E-state index contributed by atoms with van der Waals surface area (Å²) in [6.45, 7) is 8.70. The van der Waals surface area contributed by atoms with E-state index in [-0.39, 0.29) is 0 Å². The van der Waals surface area contributed by atoms with Crippen molar-refractivity contribution in [1.82, 2.24) is 9.97 Å². The maximum absolute atomic E-state index is 4.31. The summed E-state index contributed by atoms with van der Waals surface area (Å²) in [6, 6.07) is 8.33. The standard InChI is InChI=1S/C17H22N4/c1-4-10-18-15-11-16(20-12-19-15)21-17-13(5-2)8-7-9-14(17)6-3/h4,7-9,11-12H,1,5-6,10H2,2-3H3,(H2,18,19,20,21). The van der Waals surface area contributed by atoms with Crippen LogP contribution in [0.5, 0.6) is 0 Å². The molecule has 0 saturated carbocycles. The summed E-state index contributed by atoms with van der Waals surface area (Å²) in [5.41, 5.74) is 3.76. The van der Waals surface area contributed by atoms with Crippen molar-refractivity contribution in [1.29, 1.82) is 0 Å². The Kier molecular flexibility index (Phi) is 5.32. The third-order valence-electron chi connectivity index (χ3n) is 3.35. The Bertz CT molecular complexity index is 585. The van der Waals surface area contributed by atoms with Gasteiger partial charge in [-0.2, -0.15) is 0 Å². The first-order valence-electron chi connectivity index (χ1n) is 7.33. The highest BCUT2D eigenvalue weighted by Crippen LogP contribution is 2.26. The van der Waals surface area contributed by atoms with Crippen LogP contribution in [0.1, 0.15) is 25.0 Å². The van der Waals surface area contributed by atoms with Gasteiger partial charge in [0.05, 0.1) is 0 Å². The van der Waals surface area contributed by atoms with Gasteiger partial charge in [0, 0.05) is 18.3 Å². The molecule has 0 amide bonds. The molecule has 0 atom stereocenters. The van der Waals surface area contributed by atoms with Gasteiger partial charge in [0.1, 0.15) is 18.0 Å². The molecule has 21 heavy (non-hydrogen) atoms. The molecule has 0 saturated heterocycles. The quantitative estimate of drug-likeness (QED) is 0.755. The van der Waals surface area contributed by atoms with Crippen LogP contribution in [-0.2, 0) is 12.8 Å². The van der Waals surface area contributed by atoms with Crippen LogP contribution in [0.3, 0.4) is 0 Å². The van der Waals surface area contributed by atoms with Gasteiger partial charge in [-0.25, -0.2) is 9.97 Å². The molecule has 0 fully saturated rings. The minimum atomic E-state index is 0.683. The van der Waals surface area contributed by atoms with Crippen molar-refractivity contribution in [2.24, 2.45) is 0 Å². The van der Waals surface area contributed by atoms with Crippen LogP contribution < -0.4 is 10.6 Å². The molecule has 1 heterocycles. The molecule has 2 N–H and O–H groups in total. The molecule has 1 aromatic carbocycles. The number of aryl methyl sites for hydroxylation is 2. The fraction of sp³-hybridized carbons (Fsp3) is 0.294. The average Bonchev–Trinajstić information content (AvgIpc) is 2.53. The Hall–Kier alpha value is -2.36. The largest absolute Gasteiger partial charge is 0.366 e. The van der Waals surface area contributed by atoms with Crippen molar-refractivity contribution in [2.45, 2.75) is 26.7 Å². The lowest BCUT2D eigenvalue weighted by molar-refractivity contribution is 1.08. The van der Waals surface area contributed by atoms with E-state index in [1.807, 2.05) is 6.07 Å². The zero-order valence-electron chi connectivity index (χ0n) is 12.7. The minimum Gasteiger partial charge on any atom is -0.366 e. The van der Waals surface area contributed by atoms with Crippen LogP contribution in [-0.4, -0.2) is 16.5 Å². The third-order valence-corrected chi connectivity index (χ3v) is 3.35. The van der Waals surface area contributed by atoms with Crippen molar-refractivity contribution < 1.29 is 0 Å². The van der Waals surface area contributed by atoms with Gasteiger partial charge in [0.15, 0.2) is 0 Å². The first-order valence-corrected chi connectivity index (χ1v) is 7.33. The molecule has 0 aliphatic heterocycles. The SMILES string of the molecule is C=CCNc1cc(Nc2c(CC)cccc2CC)ncn1. The van der Waals surface area contributed by atoms with E-state index in [4.69, 9.17) is 0 Å². The zero-order chi connectivity index (χ0) is 15.1. The van der Waals surface area contributed by atoms with Gasteiger partial charge >= 0.3 is 0 Å². The first kappa shape index (κ1) is 15.0. The number of anilines is 3. The highest BCUT2D eigenvalue weighted by Gasteiger charge is 2.07. The summed E-state index contributed by atoms with van der Waals surface area (Å²) >= 11 is 0. The molecule has 4 heteroatoms. The summed E-state index contributed by atoms with van der Waals surface area (Å²) in [4.78, 5) is 8.50. The van der Waals surface area contributed by atoms with Gasteiger partial charge in [0.2, 0.25) is 0 Å². The minimum absolute atomic E-state index is 0.683. The van der Waals surface area contributed by atoms with Crippen molar-refractivity contribution >= 4 is 17.3 Å². The molecule has 2 rings (SSSR count). The van der Waals surface area contributed by atoms with Crippen LogP contribution in [0, 0.1) is 0 Å². The highest BCUT2D eigenvalue weighted by molar-refractivity contribution is 5.66. The lowest BCUT2D eigenvalue weighted by atomic mass is 10.0. The van der Waals surface area contributed by atoms with Crippen LogP contribution in [0.2, 0.25) is 0 Å². The third kappa shape index (κ3) is 3.81. The lowest BCUT2D eigenvalue weighted by Crippen LogP contribution is -2.04. The summed E-state index contributed by atoms with van der Waals surface area (Å²) in [5, 5.41) is 6.61. The molecule has 0 radical (unpaired) electrons. The van der Waals surface area contributed by atoms with Crippen LogP contribution in [0.4, 0.5) is 17.3 Å². The van der Waals surface area contributed by atoms with Gasteiger partial charge in [-0.3, -0.25) is 0 Å². The van der Waals surface area contributed by atoms with Gasteiger partial charge in [0.25, 0.3) is 0 Å². The first-order chi connectivity index (χ1) is 10.3. The van der Waals surface area contributed by atoms with E-state index in [0.717, 1.165) is 30.2 Å². The average molecular weight is 282 g/mol. The number of aromatic nitrogens is 2. The van der Waals surface area contributed by atoms with Crippen molar-refractivity contribution in [3.05, 3.63) is 54.4 Å². The number of para-hydroxylation sites is 1. The van der Waals surface area contributed by atoms with Gasteiger partial charge in [-0.15, -0.1) is 6.58 Å². The fourth-order valence-corrected chi connectivity index (χ4v) is 2.23. The molecular weight excluding hydrogens is 260 g/mol. The number of benzene rings is 1. The van der Waals surface area contributed by atoms with Crippen LogP contribution in [0.15, 0.2) is 43.2 Å². The summed E-state index contributed by atoms with van der Waals surface area (Å²) in [7, 11) is 0. The maximum atomic E-state index is 4.31.